The van der Waals surface area contributed by atoms with Crippen molar-refractivity contribution in [3.63, 3.8) is 0 Å². The summed E-state index contributed by atoms with van der Waals surface area (Å²) in [5.41, 5.74) is 4.35. The molecule has 0 radical (unpaired) electrons. The van der Waals surface area contributed by atoms with Gasteiger partial charge in [-0.2, -0.15) is 0 Å². The van der Waals surface area contributed by atoms with E-state index in [0.717, 1.165) is 32.0 Å². The van der Waals surface area contributed by atoms with Crippen LogP contribution in [-0.2, 0) is 0 Å². The highest BCUT2D eigenvalue weighted by Crippen LogP contribution is 2.37. The predicted molar refractivity (Wildman–Crippen MR) is 158 cm³/mol. The van der Waals surface area contributed by atoms with Gasteiger partial charge in [0, 0.05) is 16.9 Å². The van der Waals surface area contributed by atoms with Crippen LogP contribution in [0.1, 0.15) is 26.7 Å². The first-order valence-corrected chi connectivity index (χ1v) is 13.0. The van der Waals surface area contributed by atoms with Gasteiger partial charge in [-0.1, -0.05) is 91.1 Å². The normalized spacial score (nSPS) is 16.4. The molecule has 0 saturated heterocycles. The van der Waals surface area contributed by atoms with Crippen LogP contribution in [0.3, 0.4) is 0 Å². The van der Waals surface area contributed by atoms with E-state index in [2.05, 4.69) is 11.4 Å². The summed E-state index contributed by atoms with van der Waals surface area (Å²) in [4.78, 5) is 13.0. The summed E-state index contributed by atoms with van der Waals surface area (Å²) >= 11 is 5.78. The first-order valence-electron chi connectivity index (χ1n) is 12.6. The monoisotopic (exact) mass is 522 g/mol. The summed E-state index contributed by atoms with van der Waals surface area (Å²) in [6, 6.07) is 27.3. The van der Waals surface area contributed by atoms with E-state index in [4.69, 9.17) is 27.4 Å². The second-order valence-corrected chi connectivity index (χ2v) is 10.5. The van der Waals surface area contributed by atoms with Gasteiger partial charge in [0.05, 0.1) is 6.42 Å². The first-order chi connectivity index (χ1) is 18.2. The molecule has 4 aromatic rings. The van der Waals surface area contributed by atoms with Crippen molar-refractivity contribution >= 4 is 44.7 Å². The van der Waals surface area contributed by atoms with Crippen LogP contribution in [0.2, 0.25) is 0 Å². The fourth-order valence-corrected chi connectivity index (χ4v) is 5.57. The molecular weight excluding hydrogens is 492 g/mol. The number of carbonyl (C=O) groups is 1. The Hall–Kier alpha value is -4.16. The molecule has 0 heterocycles. The van der Waals surface area contributed by atoms with Gasteiger partial charge in [0.25, 0.3) is 0 Å². The molecule has 38 heavy (non-hydrogen) atoms. The number of hydrogen-bond acceptors (Lipinski definition) is 4. The van der Waals surface area contributed by atoms with Crippen molar-refractivity contribution in [1.29, 1.82) is 0 Å². The molecule has 5 rings (SSSR count). The van der Waals surface area contributed by atoms with E-state index in [9.17, 15) is 4.79 Å². The molecule has 2 amide bonds. The summed E-state index contributed by atoms with van der Waals surface area (Å²) in [5.74, 6) is 1.30. The van der Waals surface area contributed by atoms with E-state index in [0.29, 0.717) is 17.9 Å². The Bertz CT molecular complexity index is 1590. The van der Waals surface area contributed by atoms with Crippen LogP contribution in [0.25, 0.3) is 21.5 Å². The zero-order valence-electron chi connectivity index (χ0n) is 21.4. The highest BCUT2D eigenvalue weighted by atomic mass is 32.1. The number of ether oxygens (including phenoxy) is 2. The van der Waals surface area contributed by atoms with Gasteiger partial charge in [0.2, 0.25) is 0 Å². The van der Waals surface area contributed by atoms with E-state index in [1.54, 1.807) is 6.92 Å². The second kappa shape index (κ2) is 10.3. The lowest BCUT2D eigenvalue weighted by Gasteiger charge is -2.41. The summed E-state index contributed by atoms with van der Waals surface area (Å²) in [5, 5.41) is 7.14. The molecule has 0 bridgehead atoms. The molecule has 0 aromatic heterocycles. The number of urea groups is 1. The van der Waals surface area contributed by atoms with Crippen LogP contribution in [0.4, 0.5) is 4.79 Å². The molecule has 6 heteroatoms. The number of hydrogen-bond donors (Lipinski definition) is 2. The summed E-state index contributed by atoms with van der Waals surface area (Å²) in [6.45, 7) is 3.78. The van der Waals surface area contributed by atoms with Gasteiger partial charge in [-0.25, -0.2) is 4.79 Å². The van der Waals surface area contributed by atoms with Crippen LogP contribution in [0.15, 0.2) is 109 Å². The topological polar surface area (TPSA) is 73.6 Å². The number of allylic oxidation sites excluding steroid dienone is 3. The molecule has 0 saturated carbocycles. The predicted octanol–water partition coefficient (Wildman–Crippen LogP) is 7.24. The van der Waals surface area contributed by atoms with Crippen molar-refractivity contribution < 1.29 is 14.3 Å². The number of fused-ring (bicyclic) bond motifs is 2. The van der Waals surface area contributed by atoms with Crippen LogP contribution < -0.4 is 20.5 Å². The van der Waals surface area contributed by atoms with Gasteiger partial charge < -0.3 is 20.5 Å². The molecule has 1 aliphatic rings. The molecule has 1 aliphatic carbocycles. The third-order valence-corrected chi connectivity index (χ3v) is 7.15. The quantitative estimate of drug-likeness (QED) is 0.189. The summed E-state index contributed by atoms with van der Waals surface area (Å²) in [6.07, 6.45) is 6.87. The standard InChI is InChI=1S/C32H30N2O3S/c1-31(28-13-7-8-14-29(28)38,36-26-17-15-22-9-3-5-11-24(22)19-26)21-32(2,34-30(33)35)37-27-18-16-23-10-4-6-12-25(23)20-27/h3-13,15-20H,14,21H2,1-2H3,(H3,33,34,35). The molecule has 192 valence electrons. The number of nitrogens with two attached hydrogens (primary N) is 1. The van der Waals surface area contributed by atoms with Crippen LogP contribution in [0, 0.1) is 0 Å². The Balaban J connectivity index is 1.53. The summed E-state index contributed by atoms with van der Waals surface area (Å²) in [7, 11) is 0. The second-order valence-electron chi connectivity index (χ2n) is 9.99. The Labute approximate surface area is 227 Å². The van der Waals surface area contributed by atoms with Crippen molar-refractivity contribution in [1.82, 2.24) is 5.32 Å². The fraction of sp³-hybridized carbons (Fsp3) is 0.188. The maximum absolute atomic E-state index is 12.2. The number of carbonyl (C=O) groups excluding carboxylic acids is 1. The molecule has 0 aliphatic heterocycles. The van der Waals surface area contributed by atoms with Crippen LogP contribution in [0.5, 0.6) is 11.5 Å². The van der Waals surface area contributed by atoms with Gasteiger partial charge >= 0.3 is 6.03 Å². The highest BCUT2D eigenvalue weighted by Gasteiger charge is 2.43. The van der Waals surface area contributed by atoms with E-state index in [-0.39, 0.29) is 6.42 Å². The maximum atomic E-state index is 12.2. The van der Waals surface area contributed by atoms with E-state index < -0.39 is 17.4 Å². The third kappa shape index (κ3) is 5.55. The third-order valence-electron chi connectivity index (χ3n) is 6.76. The molecule has 0 spiro atoms. The molecular formula is C32H30N2O3S. The highest BCUT2D eigenvalue weighted by molar-refractivity contribution is 7.80. The first kappa shape index (κ1) is 25.5. The van der Waals surface area contributed by atoms with Gasteiger partial charge in [0.15, 0.2) is 5.72 Å². The number of rotatable bonds is 8. The van der Waals surface area contributed by atoms with E-state index in [1.165, 1.54) is 0 Å². The summed E-state index contributed by atoms with van der Waals surface area (Å²) < 4.78 is 13.2. The lowest BCUT2D eigenvalue weighted by atomic mass is 9.82. The average molecular weight is 523 g/mol. The molecule has 0 fully saturated rings. The molecule has 3 N–H and O–H groups in total. The molecule has 5 nitrogen and oxygen atoms in total. The Morgan fingerprint density at radius 3 is 1.97 bits per heavy atom. The van der Waals surface area contributed by atoms with Crippen LogP contribution >= 0.6 is 12.2 Å². The lowest BCUT2D eigenvalue weighted by Crippen LogP contribution is -2.58. The van der Waals surface area contributed by atoms with Crippen molar-refractivity contribution in [2.24, 2.45) is 5.73 Å². The minimum Gasteiger partial charge on any atom is -0.483 e. The minimum absolute atomic E-state index is 0.238. The number of thiocarbonyl (C=S) groups is 1. The van der Waals surface area contributed by atoms with E-state index in [1.807, 2.05) is 104 Å². The maximum Gasteiger partial charge on any atom is 0.315 e. The zero-order chi connectivity index (χ0) is 26.8. The van der Waals surface area contributed by atoms with Gasteiger partial charge in [0.1, 0.15) is 17.1 Å². The average Bonchev–Trinajstić information content (AvgIpc) is 2.88. The van der Waals surface area contributed by atoms with E-state index >= 15 is 0 Å². The lowest BCUT2D eigenvalue weighted by molar-refractivity contribution is -0.00825. The van der Waals surface area contributed by atoms with Gasteiger partial charge in [-0.3, -0.25) is 0 Å². The van der Waals surface area contributed by atoms with Crippen LogP contribution in [-0.4, -0.2) is 22.2 Å². The Kier molecular flexibility index (Phi) is 6.91. The molecule has 2 atom stereocenters. The largest absolute Gasteiger partial charge is 0.483 e. The van der Waals surface area contributed by atoms with Gasteiger partial charge in [-0.15, -0.1) is 0 Å². The van der Waals surface area contributed by atoms with Crippen molar-refractivity contribution in [2.75, 3.05) is 0 Å². The smallest absolute Gasteiger partial charge is 0.315 e. The minimum atomic E-state index is -1.21. The fourth-order valence-electron chi connectivity index (χ4n) is 5.19. The SMILES string of the molecule is CC(CC(C)(Oc1ccc2ccccc2c1)C1=CC=CCC1=S)(NC(N)=O)Oc1ccc2ccccc2c1. The number of nitrogens with one attached hydrogen (secondary N) is 1. The number of amides is 2. The zero-order valence-corrected chi connectivity index (χ0v) is 22.3. The van der Waals surface area contributed by atoms with Crippen molar-refractivity contribution in [2.45, 2.75) is 38.0 Å². The molecule has 4 aromatic carbocycles. The number of primary amides is 1. The molecule has 2 unspecified atom stereocenters. The van der Waals surface area contributed by atoms with Crippen molar-refractivity contribution in [3.05, 3.63) is 109 Å². The number of benzene rings is 4. The van der Waals surface area contributed by atoms with Crippen molar-refractivity contribution in [3.8, 4) is 11.5 Å². The Morgan fingerprint density at radius 1 is 0.868 bits per heavy atom. The Morgan fingerprint density at radius 2 is 1.42 bits per heavy atom. The van der Waals surface area contributed by atoms with Gasteiger partial charge in [-0.05, 0) is 59.7 Å².